The fourth-order valence-corrected chi connectivity index (χ4v) is 2.56. The predicted molar refractivity (Wildman–Crippen MR) is 101 cm³/mol. The lowest BCUT2D eigenvalue weighted by Gasteiger charge is -2.22. The van der Waals surface area contributed by atoms with Gasteiger partial charge in [-0.1, -0.05) is 0 Å². The molecule has 9 N–H and O–H groups in total. The molecule has 0 aromatic rings. The molecule has 16 heteroatoms. The van der Waals surface area contributed by atoms with Crippen LogP contribution >= 0.6 is 0 Å². The summed E-state index contributed by atoms with van der Waals surface area (Å²) in [5.41, 5.74) is -5.83. The van der Waals surface area contributed by atoms with Crippen molar-refractivity contribution in [2.45, 2.75) is 55.8 Å². The van der Waals surface area contributed by atoms with E-state index in [0.29, 0.717) is 0 Å². The molecule has 0 bridgehead atoms. The van der Waals surface area contributed by atoms with Gasteiger partial charge >= 0.3 is 29.8 Å². The Kier molecular flexibility index (Phi) is 10.9. The minimum atomic E-state index is -2.97. The van der Waals surface area contributed by atoms with Crippen LogP contribution in [0, 0.1) is 0 Å². The van der Waals surface area contributed by atoms with Gasteiger partial charge in [-0.3, -0.25) is 19.2 Å². The molecule has 186 valence electrons. The Morgan fingerprint density at radius 2 is 1.09 bits per heavy atom. The van der Waals surface area contributed by atoms with Crippen LogP contribution in [-0.4, -0.2) is 101 Å². The molecule has 0 rings (SSSR count). The van der Waals surface area contributed by atoms with Crippen LogP contribution < -0.4 is 10.6 Å². The maximum absolute atomic E-state index is 11.9. The molecule has 3 atom stereocenters. The Balaban J connectivity index is 4.80. The van der Waals surface area contributed by atoms with Crippen LogP contribution in [0.3, 0.4) is 0 Å². The van der Waals surface area contributed by atoms with E-state index in [0.717, 1.165) is 0 Å². The summed E-state index contributed by atoms with van der Waals surface area (Å²) in [7, 11) is 0. The molecule has 0 saturated heterocycles. The fourth-order valence-electron chi connectivity index (χ4n) is 2.56. The fraction of sp³-hybridized carbons (Fsp3) is 0.588. The number of hydrogen-bond donors (Lipinski definition) is 9. The highest BCUT2D eigenvalue weighted by Crippen LogP contribution is 2.17. The van der Waals surface area contributed by atoms with Crippen LogP contribution in [0.2, 0.25) is 0 Å². The van der Waals surface area contributed by atoms with E-state index in [4.69, 9.17) is 25.5 Å². The molecule has 0 aliphatic heterocycles. The molecule has 0 aliphatic carbocycles. The second-order valence-corrected chi connectivity index (χ2v) is 7.12. The van der Waals surface area contributed by atoms with Crippen molar-refractivity contribution in [3.63, 3.8) is 0 Å². The lowest BCUT2D eigenvalue weighted by atomic mass is 9.95. The summed E-state index contributed by atoms with van der Waals surface area (Å²) in [6, 6.07) is -1.61. The summed E-state index contributed by atoms with van der Waals surface area (Å²) in [5.74, 6) is -11.2. The normalized spacial score (nSPS) is 15.2. The molecule has 0 heterocycles. The quantitative estimate of drug-likeness (QED) is 0.0984. The number of carbonyl (C=O) groups excluding carboxylic acids is 2. The molecular weight excluding hydrogens is 456 g/mol. The molecule has 2 amide bonds. The van der Waals surface area contributed by atoms with Gasteiger partial charge in [-0.25, -0.2) is 14.4 Å². The van der Waals surface area contributed by atoms with E-state index in [9.17, 15) is 43.8 Å². The van der Waals surface area contributed by atoms with Crippen molar-refractivity contribution in [3.05, 3.63) is 0 Å². The van der Waals surface area contributed by atoms with E-state index in [-0.39, 0.29) is 19.4 Å². The van der Waals surface area contributed by atoms with E-state index < -0.39 is 84.6 Å². The van der Waals surface area contributed by atoms with Crippen LogP contribution in [-0.2, 0) is 33.6 Å². The maximum Gasteiger partial charge on any atom is 0.336 e. The van der Waals surface area contributed by atoms with Crippen molar-refractivity contribution in [1.29, 1.82) is 0 Å². The number of rotatable bonds is 16. The van der Waals surface area contributed by atoms with Crippen LogP contribution in [0.4, 0.5) is 0 Å². The van der Waals surface area contributed by atoms with Gasteiger partial charge in [-0.15, -0.1) is 0 Å². The topological polar surface area (TPSA) is 285 Å². The second kappa shape index (κ2) is 12.3. The third-order valence-electron chi connectivity index (χ3n) is 4.21. The Hall–Kier alpha value is -3.79. The van der Waals surface area contributed by atoms with Crippen molar-refractivity contribution in [2.24, 2.45) is 0 Å². The van der Waals surface area contributed by atoms with E-state index in [1.807, 2.05) is 5.32 Å². The summed E-state index contributed by atoms with van der Waals surface area (Å²) >= 11 is 0. The highest BCUT2D eigenvalue weighted by Gasteiger charge is 2.42. The van der Waals surface area contributed by atoms with Crippen LogP contribution in [0.25, 0.3) is 0 Å². The predicted octanol–water partition coefficient (Wildman–Crippen LogP) is -3.19. The van der Waals surface area contributed by atoms with Gasteiger partial charge in [0.05, 0.1) is 25.7 Å². The number of nitrogens with one attached hydrogen (secondary N) is 2. The van der Waals surface area contributed by atoms with Gasteiger partial charge in [0.1, 0.15) is 6.04 Å². The molecule has 16 nitrogen and oxygen atoms in total. The zero-order chi connectivity index (χ0) is 26.0. The van der Waals surface area contributed by atoms with E-state index >= 15 is 0 Å². The first-order chi connectivity index (χ1) is 15.0. The van der Waals surface area contributed by atoms with Gasteiger partial charge in [0, 0.05) is 6.54 Å². The summed E-state index contributed by atoms with van der Waals surface area (Å²) in [4.78, 5) is 78.3. The van der Waals surface area contributed by atoms with Crippen LogP contribution in [0.1, 0.15) is 38.5 Å². The lowest BCUT2D eigenvalue weighted by Crippen LogP contribution is -2.48. The summed E-state index contributed by atoms with van der Waals surface area (Å²) < 4.78 is 0. The monoisotopic (exact) mass is 480 g/mol. The van der Waals surface area contributed by atoms with Gasteiger partial charge < -0.3 is 46.4 Å². The molecule has 0 spiro atoms. The molecule has 0 aromatic heterocycles. The van der Waals surface area contributed by atoms with Crippen molar-refractivity contribution in [1.82, 2.24) is 10.6 Å². The minimum absolute atomic E-state index is 0.119. The molecule has 0 unspecified atom stereocenters. The number of aliphatic carboxylic acids is 5. The van der Waals surface area contributed by atoms with Gasteiger partial charge in [-0.05, 0) is 12.8 Å². The van der Waals surface area contributed by atoms with Gasteiger partial charge in [-0.2, -0.15) is 0 Å². The smallest absolute Gasteiger partial charge is 0.336 e. The van der Waals surface area contributed by atoms with Crippen LogP contribution in [0.5, 0.6) is 0 Å². The molecular formula is C17H24N2O14. The van der Waals surface area contributed by atoms with Gasteiger partial charge in [0.15, 0.2) is 11.2 Å². The van der Waals surface area contributed by atoms with Crippen molar-refractivity contribution in [2.75, 3.05) is 6.54 Å². The number of carbonyl (C=O) groups is 7. The van der Waals surface area contributed by atoms with Crippen molar-refractivity contribution in [3.8, 4) is 0 Å². The average molecular weight is 480 g/mol. The lowest BCUT2D eigenvalue weighted by molar-refractivity contribution is -0.167. The molecule has 0 aliphatic rings. The standard InChI is InChI=1S/C17H24N2O14/c20-9(4-16(32,14(28)29)6-11(22)23)18-3-1-2-8(13(26)27)19-10(21)5-17(33,15(30)31)7-12(24)25/h8,32-33H,1-7H2,(H,18,20)(H,19,21)(H,22,23)(H,24,25)(H,26,27)(H,28,29)(H,30,31)/t8-,16-,17-/m0/s1. The minimum Gasteiger partial charge on any atom is -0.481 e. The maximum atomic E-state index is 11.9. The SMILES string of the molecule is O=C(O)C[C@@](O)(CC(=O)NCCC[C@H](NC(=O)C[C@](O)(CC(=O)O)C(=O)O)C(=O)O)C(=O)O. The molecule has 0 radical (unpaired) electrons. The number of carboxylic acids is 5. The third kappa shape index (κ3) is 10.4. The summed E-state index contributed by atoms with van der Waals surface area (Å²) in [6.45, 7) is -0.265. The highest BCUT2D eigenvalue weighted by molar-refractivity contribution is 5.92. The first-order valence-electron chi connectivity index (χ1n) is 9.16. The first kappa shape index (κ1) is 29.2. The van der Waals surface area contributed by atoms with Gasteiger partial charge in [0.25, 0.3) is 0 Å². The average Bonchev–Trinajstić information content (AvgIpc) is 2.62. The molecule has 0 aromatic carbocycles. The third-order valence-corrected chi connectivity index (χ3v) is 4.21. The number of amides is 2. The number of hydrogen-bond acceptors (Lipinski definition) is 9. The Bertz CT molecular complexity index is 812. The highest BCUT2D eigenvalue weighted by atomic mass is 16.4. The zero-order valence-electron chi connectivity index (χ0n) is 17.0. The van der Waals surface area contributed by atoms with E-state index in [1.54, 1.807) is 0 Å². The van der Waals surface area contributed by atoms with Crippen molar-refractivity contribution >= 4 is 41.7 Å². The summed E-state index contributed by atoms with van der Waals surface area (Å²) in [5, 5.41) is 67.9. The number of carboxylic acid groups (broad SMARTS) is 5. The van der Waals surface area contributed by atoms with E-state index in [2.05, 4.69) is 5.32 Å². The van der Waals surface area contributed by atoms with Crippen molar-refractivity contribution < 1.29 is 69.3 Å². The summed E-state index contributed by atoms with van der Waals surface area (Å²) in [6.07, 6.45) is -5.34. The largest absolute Gasteiger partial charge is 0.481 e. The van der Waals surface area contributed by atoms with Crippen LogP contribution in [0.15, 0.2) is 0 Å². The molecule has 0 fully saturated rings. The van der Waals surface area contributed by atoms with Gasteiger partial charge in [0.2, 0.25) is 11.8 Å². The zero-order valence-corrected chi connectivity index (χ0v) is 17.0. The Morgan fingerprint density at radius 3 is 1.45 bits per heavy atom. The number of aliphatic hydroxyl groups is 2. The Labute approximate surface area is 184 Å². The van der Waals surface area contributed by atoms with E-state index in [1.165, 1.54) is 0 Å². The first-order valence-corrected chi connectivity index (χ1v) is 9.16. The second-order valence-electron chi connectivity index (χ2n) is 7.12. The molecule has 33 heavy (non-hydrogen) atoms. The molecule has 0 saturated carbocycles. The Morgan fingerprint density at radius 1 is 0.667 bits per heavy atom.